The van der Waals surface area contributed by atoms with Gasteiger partial charge >= 0.3 is 0 Å². The van der Waals surface area contributed by atoms with Gasteiger partial charge in [0.2, 0.25) is 0 Å². The summed E-state index contributed by atoms with van der Waals surface area (Å²) in [5.41, 5.74) is 1.02. The molecule has 0 spiro atoms. The summed E-state index contributed by atoms with van der Waals surface area (Å²) in [6.45, 7) is 1.95. The highest BCUT2D eigenvalue weighted by atomic mass is 35.5. The first-order valence-electron chi connectivity index (χ1n) is 10.2. The van der Waals surface area contributed by atoms with Crippen molar-refractivity contribution in [1.29, 1.82) is 5.41 Å². The maximum atomic E-state index is 12.6. The van der Waals surface area contributed by atoms with Crippen molar-refractivity contribution in [3.63, 3.8) is 0 Å². The summed E-state index contributed by atoms with van der Waals surface area (Å²) in [4.78, 5) is 18.7. The van der Waals surface area contributed by atoms with Crippen LogP contribution in [-0.2, 0) is 11.2 Å². The van der Waals surface area contributed by atoms with E-state index in [1.165, 1.54) is 0 Å². The van der Waals surface area contributed by atoms with Crippen LogP contribution in [0.15, 0.2) is 42.7 Å². The minimum absolute atomic E-state index is 0.0731. The molecule has 2 aliphatic heterocycles. The molecule has 1 saturated heterocycles. The Balaban J connectivity index is 1.16. The molecule has 2 aromatic rings. The van der Waals surface area contributed by atoms with Crippen LogP contribution in [0.3, 0.4) is 0 Å². The predicted molar refractivity (Wildman–Crippen MR) is 114 cm³/mol. The number of nitrogens with one attached hydrogen (secondary N) is 2. The minimum Gasteiger partial charge on any atom is -0.493 e. The number of halogens is 1. The molecule has 8 heteroatoms. The minimum atomic E-state index is -0.481. The predicted octanol–water partition coefficient (Wildman–Crippen LogP) is 3.07. The van der Waals surface area contributed by atoms with Crippen molar-refractivity contribution < 1.29 is 14.3 Å². The Bertz CT molecular complexity index is 873. The molecule has 1 fully saturated rings. The summed E-state index contributed by atoms with van der Waals surface area (Å²) >= 11 is 5.87. The zero-order chi connectivity index (χ0) is 20.9. The Labute approximate surface area is 180 Å². The summed E-state index contributed by atoms with van der Waals surface area (Å²) in [6.07, 6.45) is 5.64. The number of amides is 1. The number of benzene rings is 1. The van der Waals surface area contributed by atoms with Gasteiger partial charge in [0, 0.05) is 48.8 Å². The number of aromatic nitrogens is 1. The first kappa shape index (κ1) is 20.5. The van der Waals surface area contributed by atoms with Gasteiger partial charge in [0.1, 0.15) is 11.5 Å². The van der Waals surface area contributed by atoms with Crippen LogP contribution in [0.25, 0.3) is 0 Å². The zero-order valence-electron chi connectivity index (χ0n) is 16.6. The SMILES string of the molecule is N=C(CCOc1ccc(Cl)cc1)N1CCC(NC(=O)C2Cc3ccncc3O2)CC1. The van der Waals surface area contributed by atoms with Gasteiger partial charge in [0.05, 0.1) is 18.6 Å². The molecule has 158 valence electrons. The zero-order valence-corrected chi connectivity index (χ0v) is 17.4. The van der Waals surface area contributed by atoms with E-state index in [0.717, 1.165) is 37.2 Å². The second-order valence-electron chi connectivity index (χ2n) is 7.56. The maximum absolute atomic E-state index is 12.6. The number of amidine groups is 1. The van der Waals surface area contributed by atoms with Crippen LogP contribution in [0, 0.1) is 5.41 Å². The van der Waals surface area contributed by atoms with Gasteiger partial charge in [0.25, 0.3) is 5.91 Å². The van der Waals surface area contributed by atoms with Crippen molar-refractivity contribution in [2.45, 2.75) is 37.8 Å². The highest BCUT2D eigenvalue weighted by molar-refractivity contribution is 6.30. The van der Waals surface area contributed by atoms with Crippen LogP contribution in [0.1, 0.15) is 24.8 Å². The second-order valence-corrected chi connectivity index (χ2v) is 8.00. The molecule has 0 bridgehead atoms. The number of pyridine rings is 1. The van der Waals surface area contributed by atoms with E-state index in [-0.39, 0.29) is 11.9 Å². The number of nitrogens with zero attached hydrogens (tertiary/aromatic N) is 2. The molecule has 4 rings (SSSR count). The van der Waals surface area contributed by atoms with Gasteiger partial charge in [-0.15, -0.1) is 0 Å². The van der Waals surface area contributed by atoms with Gasteiger partial charge in [-0.3, -0.25) is 15.2 Å². The average molecular weight is 429 g/mol. The lowest BCUT2D eigenvalue weighted by atomic mass is 10.0. The van der Waals surface area contributed by atoms with E-state index in [1.54, 1.807) is 24.5 Å². The number of hydrogen-bond acceptors (Lipinski definition) is 5. The van der Waals surface area contributed by atoms with Crippen molar-refractivity contribution in [2.75, 3.05) is 19.7 Å². The third-order valence-electron chi connectivity index (χ3n) is 5.48. The Kier molecular flexibility index (Phi) is 6.38. The van der Waals surface area contributed by atoms with E-state index < -0.39 is 6.10 Å². The molecule has 30 heavy (non-hydrogen) atoms. The van der Waals surface area contributed by atoms with Crippen LogP contribution >= 0.6 is 11.6 Å². The van der Waals surface area contributed by atoms with E-state index in [2.05, 4.69) is 15.2 Å². The molecule has 1 aromatic carbocycles. The van der Waals surface area contributed by atoms with Crippen molar-refractivity contribution in [3.05, 3.63) is 53.3 Å². The molecule has 2 N–H and O–H groups in total. The monoisotopic (exact) mass is 428 g/mol. The number of hydrogen-bond donors (Lipinski definition) is 2. The van der Waals surface area contributed by atoms with Crippen LogP contribution in [0.4, 0.5) is 0 Å². The van der Waals surface area contributed by atoms with Gasteiger partial charge in [-0.1, -0.05) is 11.6 Å². The summed E-state index contributed by atoms with van der Waals surface area (Å²) in [6, 6.07) is 9.22. The molecule has 0 radical (unpaired) electrons. The number of carbonyl (C=O) groups excluding carboxylic acids is 1. The van der Waals surface area contributed by atoms with E-state index in [9.17, 15) is 4.79 Å². The highest BCUT2D eigenvalue weighted by Crippen LogP contribution is 2.27. The molecule has 1 aromatic heterocycles. The van der Waals surface area contributed by atoms with Crippen LogP contribution in [0.5, 0.6) is 11.5 Å². The van der Waals surface area contributed by atoms with Crippen LogP contribution < -0.4 is 14.8 Å². The molecular weight excluding hydrogens is 404 g/mol. The molecule has 1 amide bonds. The first-order valence-corrected chi connectivity index (χ1v) is 10.6. The lowest BCUT2D eigenvalue weighted by molar-refractivity contribution is -0.128. The molecule has 3 heterocycles. The normalized spacial score (nSPS) is 18.4. The molecule has 2 aliphatic rings. The van der Waals surface area contributed by atoms with Crippen molar-refractivity contribution >= 4 is 23.3 Å². The largest absolute Gasteiger partial charge is 0.493 e. The van der Waals surface area contributed by atoms with Crippen molar-refractivity contribution in [1.82, 2.24) is 15.2 Å². The third-order valence-corrected chi connectivity index (χ3v) is 5.73. The second kappa shape index (κ2) is 9.34. The van der Waals surface area contributed by atoms with Crippen molar-refractivity contribution in [3.8, 4) is 11.5 Å². The fourth-order valence-electron chi connectivity index (χ4n) is 3.77. The fourth-order valence-corrected chi connectivity index (χ4v) is 3.89. The quantitative estimate of drug-likeness (QED) is 0.545. The molecule has 7 nitrogen and oxygen atoms in total. The summed E-state index contributed by atoms with van der Waals surface area (Å²) in [5, 5.41) is 12.1. The van der Waals surface area contributed by atoms with Crippen LogP contribution in [-0.4, -0.2) is 53.5 Å². The first-order chi connectivity index (χ1) is 14.6. The smallest absolute Gasteiger partial charge is 0.261 e. The average Bonchev–Trinajstić information content (AvgIpc) is 3.20. The Hall–Kier alpha value is -2.80. The van der Waals surface area contributed by atoms with Crippen molar-refractivity contribution in [2.24, 2.45) is 0 Å². The Morgan fingerprint density at radius 3 is 2.77 bits per heavy atom. The van der Waals surface area contributed by atoms with E-state index in [1.807, 2.05) is 18.2 Å². The van der Waals surface area contributed by atoms with E-state index in [4.69, 9.17) is 26.5 Å². The van der Waals surface area contributed by atoms with Crippen LogP contribution in [0.2, 0.25) is 5.02 Å². The number of likely N-dealkylation sites (tertiary alicyclic amines) is 1. The summed E-state index contributed by atoms with van der Waals surface area (Å²) in [7, 11) is 0. The standard InChI is InChI=1S/C22H25ClN4O3/c23-16-1-3-18(4-2-16)29-12-8-21(24)27-10-6-17(7-11-27)26-22(28)19-13-15-5-9-25-14-20(15)30-19/h1-5,9,14,17,19,24H,6-8,10-13H2,(H,26,28). The van der Waals surface area contributed by atoms with Gasteiger partial charge in [0.15, 0.2) is 6.10 Å². The number of rotatable bonds is 6. The lowest BCUT2D eigenvalue weighted by Crippen LogP contribution is -2.49. The highest BCUT2D eigenvalue weighted by Gasteiger charge is 2.31. The van der Waals surface area contributed by atoms with Gasteiger partial charge < -0.3 is 19.7 Å². The van der Waals surface area contributed by atoms with Gasteiger partial charge in [-0.05, 0) is 43.2 Å². The third kappa shape index (κ3) is 5.02. The molecule has 1 unspecified atom stereocenters. The number of fused-ring (bicyclic) bond motifs is 1. The van der Waals surface area contributed by atoms with Gasteiger partial charge in [-0.25, -0.2) is 0 Å². The van der Waals surface area contributed by atoms with Gasteiger partial charge in [-0.2, -0.15) is 0 Å². The molecule has 0 saturated carbocycles. The summed E-state index contributed by atoms with van der Waals surface area (Å²) in [5.74, 6) is 1.94. The lowest BCUT2D eigenvalue weighted by Gasteiger charge is -2.34. The van der Waals surface area contributed by atoms with E-state index in [0.29, 0.717) is 36.1 Å². The number of carbonyl (C=O) groups is 1. The molecule has 0 aliphatic carbocycles. The molecule has 1 atom stereocenters. The van der Waals surface area contributed by atoms with E-state index >= 15 is 0 Å². The number of ether oxygens (including phenoxy) is 2. The molecular formula is C22H25ClN4O3. The Morgan fingerprint density at radius 2 is 2.03 bits per heavy atom. The summed E-state index contributed by atoms with van der Waals surface area (Å²) < 4.78 is 11.4. The maximum Gasteiger partial charge on any atom is 0.261 e. The number of piperidine rings is 1. The fraction of sp³-hybridized carbons (Fsp3) is 0.409. The Morgan fingerprint density at radius 1 is 1.27 bits per heavy atom. The topological polar surface area (TPSA) is 87.5 Å².